The number of hydrogen-bond donors (Lipinski definition) is 2. The predicted octanol–water partition coefficient (Wildman–Crippen LogP) is 3.30. The molecule has 0 radical (unpaired) electrons. The van der Waals surface area contributed by atoms with Gasteiger partial charge in [-0.1, -0.05) is 72.8 Å². The number of rotatable bonds is 9. The van der Waals surface area contributed by atoms with E-state index in [1.807, 2.05) is 72.8 Å². The standard InChI is InChI=1S/C24H27N3O2.ClH/c25-14-7-15-27(18-19-8-2-1-3-9-19)24(29)17-26-23(28)16-21-12-6-11-20-10-4-5-13-22(20)21;/h1-6,8-13H,7,14-18,25H2,(H,26,28);1H. The summed E-state index contributed by atoms with van der Waals surface area (Å²) in [5.41, 5.74) is 7.63. The van der Waals surface area contributed by atoms with Crippen LogP contribution in [0.15, 0.2) is 72.8 Å². The van der Waals surface area contributed by atoms with Crippen molar-refractivity contribution in [2.45, 2.75) is 19.4 Å². The molecule has 3 aromatic rings. The van der Waals surface area contributed by atoms with Crippen LogP contribution >= 0.6 is 12.4 Å². The minimum Gasteiger partial charge on any atom is -0.347 e. The molecule has 3 rings (SSSR count). The third-order valence-corrected chi connectivity index (χ3v) is 4.87. The van der Waals surface area contributed by atoms with Gasteiger partial charge < -0.3 is 16.0 Å². The van der Waals surface area contributed by atoms with Gasteiger partial charge in [0.25, 0.3) is 0 Å². The maximum absolute atomic E-state index is 12.7. The highest BCUT2D eigenvalue weighted by molar-refractivity contribution is 5.91. The molecule has 0 saturated heterocycles. The highest BCUT2D eigenvalue weighted by atomic mass is 35.5. The first-order chi connectivity index (χ1) is 14.2. The van der Waals surface area contributed by atoms with Crippen molar-refractivity contribution in [1.29, 1.82) is 0 Å². The summed E-state index contributed by atoms with van der Waals surface area (Å²) >= 11 is 0. The van der Waals surface area contributed by atoms with E-state index in [4.69, 9.17) is 5.73 Å². The minimum absolute atomic E-state index is 0. The van der Waals surface area contributed by atoms with Gasteiger partial charge in [-0.05, 0) is 34.9 Å². The van der Waals surface area contributed by atoms with Gasteiger partial charge in [-0.2, -0.15) is 0 Å². The summed E-state index contributed by atoms with van der Waals surface area (Å²) < 4.78 is 0. The molecular weight excluding hydrogens is 398 g/mol. The number of carbonyl (C=O) groups is 2. The summed E-state index contributed by atoms with van der Waals surface area (Å²) in [6.45, 7) is 1.59. The normalized spacial score (nSPS) is 10.3. The average molecular weight is 426 g/mol. The van der Waals surface area contributed by atoms with E-state index in [-0.39, 0.29) is 37.2 Å². The molecule has 5 nitrogen and oxygen atoms in total. The number of benzene rings is 3. The average Bonchev–Trinajstić information content (AvgIpc) is 2.76. The quantitative estimate of drug-likeness (QED) is 0.552. The summed E-state index contributed by atoms with van der Waals surface area (Å²) in [6, 6.07) is 23.7. The number of nitrogens with two attached hydrogens (primary N) is 1. The second-order valence-corrected chi connectivity index (χ2v) is 7.03. The number of carbonyl (C=O) groups excluding carboxylic acids is 2. The lowest BCUT2D eigenvalue weighted by molar-refractivity contribution is -0.133. The number of fused-ring (bicyclic) bond motifs is 1. The van der Waals surface area contributed by atoms with Crippen LogP contribution in [0.25, 0.3) is 10.8 Å². The maximum Gasteiger partial charge on any atom is 0.242 e. The lowest BCUT2D eigenvalue weighted by Gasteiger charge is -2.23. The van der Waals surface area contributed by atoms with E-state index in [9.17, 15) is 9.59 Å². The van der Waals surface area contributed by atoms with Gasteiger partial charge in [0.15, 0.2) is 0 Å². The molecular formula is C24H28ClN3O2. The molecule has 0 heterocycles. The summed E-state index contributed by atoms with van der Waals surface area (Å²) in [5, 5.41) is 4.94. The molecule has 2 amide bonds. The number of nitrogens with zero attached hydrogens (tertiary/aromatic N) is 1. The van der Waals surface area contributed by atoms with E-state index >= 15 is 0 Å². The third kappa shape index (κ3) is 6.58. The Balaban J connectivity index is 0.00000320. The van der Waals surface area contributed by atoms with Gasteiger partial charge in [-0.25, -0.2) is 0 Å². The van der Waals surface area contributed by atoms with Gasteiger partial charge in [0.1, 0.15) is 0 Å². The summed E-state index contributed by atoms with van der Waals surface area (Å²) in [4.78, 5) is 26.9. The van der Waals surface area contributed by atoms with Crippen LogP contribution in [0.4, 0.5) is 0 Å². The first-order valence-electron chi connectivity index (χ1n) is 9.92. The molecule has 158 valence electrons. The van der Waals surface area contributed by atoms with Crippen LogP contribution in [0.2, 0.25) is 0 Å². The van der Waals surface area contributed by atoms with Crippen LogP contribution in [0.3, 0.4) is 0 Å². The highest BCUT2D eigenvalue weighted by Crippen LogP contribution is 2.18. The smallest absolute Gasteiger partial charge is 0.242 e. The molecule has 0 unspecified atom stereocenters. The molecule has 0 aromatic heterocycles. The Morgan fingerprint density at radius 2 is 1.60 bits per heavy atom. The van der Waals surface area contributed by atoms with E-state index in [1.165, 1.54) is 0 Å². The number of nitrogens with one attached hydrogen (secondary N) is 1. The molecule has 0 aliphatic heterocycles. The Hall–Kier alpha value is -2.89. The molecule has 0 atom stereocenters. The van der Waals surface area contributed by atoms with Crippen LogP contribution in [-0.4, -0.2) is 36.3 Å². The molecule has 0 saturated carbocycles. The van der Waals surface area contributed by atoms with E-state index in [1.54, 1.807) is 4.90 Å². The molecule has 30 heavy (non-hydrogen) atoms. The van der Waals surface area contributed by atoms with Gasteiger partial charge >= 0.3 is 0 Å². The molecule has 3 aromatic carbocycles. The lowest BCUT2D eigenvalue weighted by atomic mass is 10.0. The highest BCUT2D eigenvalue weighted by Gasteiger charge is 2.15. The Labute approximate surface area is 183 Å². The molecule has 6 heteroatoms. The van der Waals surface area contributed by atoms with Crippen LogP contribution < -0.4 is 11.1 Å². The van der Waals surface area contributed by atoms with Gasteiger partial charge in [0.2, 0.25) is 11.8 Å². The van der Waals surface area contributed by atoms with Crippen LogP contribution in [0.1, 0.15) is 17.5 Å². The van der Waals surface area contributed by atoms with Crippen LogP contribution in [-0.2, 0) is 22.6 Å². The molecule has 0 aliphatic rings. The van der Waals surface area contributed by atoms with Crippen molar-refractivity contribution >= 4 is 35.0 Å². The Bertz CT molecular complexity index is 958. The first kappa shape index (κ1) is 23.4. The van der Waals surface area contributed by atoms with Gasteiger partial charge in [-0.15, -0.1) is 12.4 Å². The summed E-state index contributed by atoms with van der Waals surface area (Å²) in [7, 11) is 0. The molecule has 0 spiro atoms. The van der Waals surface area contributed by atoms with Crippen LogP contribution in [0.5, 0.6) is 0 Å². The molecule has 0 fully saturated rings. The first-order valence-corrected chi connectivity index (χ1v) is 9.92. The monoisotopic (exact) mass is 425 g/mol. The maximum atomic E-state index is 12.7. The van der Waals surface area contributed by atoms with E-state index in [0.29, 0.717) is 19.6 Å². The third-order valence-electron chi connectivity index (χ3n) is 4.87. The van der Waals surface area contributed by atoms with Gasteiger partial charge in [0.05, 0.1) is 13.0 Å². The zero-order valence-electron chi connectivity index (χ0n) is 16.9. The zero-order valence-corrected chi connectivity index (χ0v) is 17.7. The summed E-state index contributed by atoms with van der Waals surface area (Å²) in [5.74, 6) is -0.262. The SMILES string of the molecule is Cl.NCCCN(Cc1ccccc1)C(=O)CNC(=O)Cc1cccc2ccccc12. The molecule has 0 bridgehead atoms. The fourth-order valence-corrected chi connectivity index (χ4v) is 3.35. The van der Waals surface area contributed by atoms with Crippen LogP contribution in [0, 0.1) is 0 Å². The second-order valence-electron chi connectivity index (χ2n) is 7.03. The topological polar surface area (TPSA) is 75.4 Å². The fraction of sp³-hybridized carbons (Fsp3) is 0.250. The Morgan fingerprint density at radius 1 is 0.900 bits per heavy atom. The van der Waals surface area contributed by atoms with Crippen molar-refractivity contribution in [3.8, 4) is 0 Å². The predicted molar refractivity (Wildman–Crippen MR) is 123 cm³/mol. The fourth-order valence-electron chi connectivity index (χ4n) is 3.35. The lowest BCUT2D eigenvalue weighted by Crippen LogP contribution is -2.41. The van der Waals surface area contributed by atoms with E-state index in [0.717, 1.165) is 28.3 Å². The zero-order chi connectivity index (χ0) is 20.5. The number of hydrogen-bond acceptors (Lipinski definition) is 3. The van der Waals surface area contributed by atoms with Gasteiger partial charge in [-0.3, -0.25) is 9.59 Å². The Kier molecular flexibility index (Phi) is 9.32. The molecule has 3 N–H and O–H groups in total. The van der Waals surface area contributed by atoms with Crippen molar-refractivity contribution in [2.24, 2.45) is 5.73 Å². The number of halogens is 1. The van der Waals surface area contributed by atoms with E-state index < -0.39 is 0 Å². The number of amides is 2. The molecule has 0 aliphatic carbocycles. The second kappa shape index (κ2) is 12.0. The largest absolute Gasteiger partial charge is 0.347 e. The summed E-state index contributed by atoms with van der Waals surface area (Å²) in [6.07, 6.45) is 0.971. The van der Waals surface area contributed by atoms with E-state index in [2.05, 4.69) is 5.32 Å². The minimum atomic E-state index is -0.159. The van der Waals surface area contributed by atoms with Crippen molar-refractivity contribution < 1.29 is 9.59 Å². The van der Waals surface area contributed by atoms with Crippen molar-refractivity contribution in [3.05, 3.63) is 83.9 Å². The van der Waals surface area contributed by atoms with Crippen molar-refractivity contribution in [2.75, 3.05) is 19.6 Å². The van der Waals surface area contributed by atoms with Crippen molar-refractivity contribution in [1.82, 2.24) is 10.2 Å². The Morgan fingerprint density at radius 3 is 2.37 bits per heavy atom. The van der Waals surface area contributed by atoms with Gasteiger partial charge in [0, 0.05) is 13.1 Å². The van der Waals surface area contributed by atoms with Crippen molar-refractivity contribution in [3.63, 3.8) is 0 Å².